The molecule has 0 fully saturated rings. The zero-order valence-electron chi connectivity index (χ0n) is 7.66. The van der Waals surface area contributed by atoms with Crippen LogP contribution in [0.1, 0.15) is 17.2 Å². The van der Waals surface area contributed by atoms with Crippen molar-refractivity contribution in [3.8, 4) is 5.75 Å². The van der Waals surface area contributed by atoms with E-state index in [0.717, 1.165) is 27.8 Å². The molecule has 0 aliphatic carbocycles. The van der Waals surface area contributed by atoms with E-state index in [1.165, 1.54) is 0 Å². The summed E-state index contributed by atoms with van der Waals surface area (Å²) in [5.74, 6) is 0.811. The molecule has 3 N–H and O–H groups in total. The summed E-state index contributed by atoms with van der Waals surface area (Å²) in [6.45, 7) is 0.905. The molecular weight excluding hydrogens is 246 g/mol. The summed E-state index contributed by atoms with van der Waals surface area (Å²) in [6, 6.07) is 3.89. The molecule has 2 rings (SSSR count). The van der Waals surface area contributed by atoms with E-state index in [0.29, 0.717) is 6.61 Å². The number of hydrogen-bond acceptors (Lipinski definition) is 3. The van der Waals surface area contributed by atoms with Gasteiger partial charge in [-0.05, 0) is 17.7 Å². The average molecular weight is 258 g/mol. The Morgan fingerprint density at radius 2 is 2.36 bits per heavy atom. The van der Waals surface area contributed by atoms with Crippen LogP contribution in [-0.2, 0) is 6.42 Å². The standard InChI is InChI=1S/C10H12BrNO2/c11-7-3-6-1-2-14-10(6)8(4-7)9(13)5-12/h3-4,9,13H,1-2,5,12H2. The maximum absolute atomic E-state index is 9.69. The van der Waals surface area contributed by atoms with Crippen molar-refractivity contribution in [2.75, 3.05) is 13.2 Å². The van der Waals surface area contributed by atoms with E-state index in [9.17, 15) is 5.11 Å². The highest BCUT2D eigenvalue weighted by molar-refractivity contribution is 9.10. The molecule has 0 spiro atoms. The number of nitrogens with two attached hydrogens (primary N) is 1. The zero-order valence-corrected chi connectivity index (χ0v) is 9.25. The first-order valence-electron chi connectivity index (χ1n) is 4.55. The van der Waals surface area contributed by atoms with E-state index < -0.39 is 6.10 Å². The Bertz CT molecular complexity index is 354. The highest BCUT2D eigenvalue weighted by atomic mass is 79.9. The lowest BCUT2D eigenvalue weighted by Crippen LogP contribution is -2.12. The van der Waals surface area contributed by atoms with Crippen LogP contribution in [0.5, 0.6) is 5.75 Å². The van der Waals surface area contributed by atoms with E-state index in [2.05, 4.69) is 15.9 Å². The predicted octanol–water partition coefficient (Wildman–Crippen LogP) is 1.38. The SMILES string of the molecule is NCC(O)c1cc(Br)cc2c1OCC2. The van der Waals surface area contributed by atoms with Crippen LogP contribution in [-0.4, -0.2) is 18.3 Å². The minimum absolute atomic E-state index is 0.215. The van der Waals surface area contributed by atoms with Crippen molar-refractivity contribution in [2.45, 2.75) is 12.5 Å². The molecule has 1 heterocycles. The molecule has 0 aromatic heterocycles. The lowest BCUT2D eigenvalue weighted by Gasteiger charge is -2.13. The lowest BCUT2D eigenvalue weighted by molar-refractivity contribution is 0.181. The second-order valence-corrected chi connectivity index (χ2v) is 4.25. The fourth-order valence-corrected chi connectivity index (χ4v) is 2.20. The number of rotatable bonds is 2. The first kappa shape index (κ1) is 9.96. The summed E-state index contributed by atoms with van der Waals surface area (Å²) < 4.78 is 6.43. The van der Waals surface area contributed by atoms with Gasteiger partial charge >= 0.3 is 0 Å². The highest BCUT2D eigenvalue weighted by Gasteiger charge is 2.21. The smallest absolute Gasteiger partial charge is 0.128 e. The summed E-state index contributed by atoms with van der Waals surface area (Å²) in [7, 11) is 0. The Morgan fingerprint density at radius 1 is 1.57 bits per heavy atom. The largest absolute Gasteiger partial charge is 0.493 e. The third-order valence-electron chi connectivity index (χ3n) is 2.36. The molecule has 0 radical (unpaired) electrons. The van der Waals surface area contributed by atoms with Crippen LogP contribution in [0.15, 0.2) is 16.6 Å². The Hall–Kier alpha value is -0.580. The molecule has 4 heteroatoms. The second-order valence-electron chi connectivity index (χ2n) is 3.33. The summed E-state index contributed by atoms with van der Waals surface area (Å²) in [4.78, 5) is 0. The van der Waals surface area contributed by atoms with Gasteiger partial charge in [0.1, 0.15) is 5.75 Å². The van der Waals surface area contributed by atoms with Gasteiger partial charge in [0, 0.05) is 23.0 Å². The van der Waals surface area contributed by atoms with Gasteiger partial charge in [0.05, 0.1) is 12.7 Å². The Labute approximate surface area is 91.0 Å². The first-order chi connectivity index (χ1) is 6.72. The van der Waals surface area contributed by atoms with Crippen LogP contribution in [0.25, 0.3) is 0 Å². The van der Waals surface area contributed by atoms with Crippen molar-refractivity contribution < 1.29 is 9.84 Å². The second kappa shape index (κ2) is 3.88. The molecule has 1 aromatic rings. The predicted molar refractivity (Wildman–Crippen MR) is 57.4 cm³/mol. The van der Waals surface area contributed by atoms with Gasteiger partial charge in [-0.2, -0.15) is 0 Å². The maximum Gasteiger partial charge on any atom is 0.128 e. The average Bonchev–Trinajstić information content (AvgIpc) is 2.62. The van der Waals surface area contributed by atoms with E-state index in [1.807, 2.05) is 12.1 Å². The number of fused-ring (bicyclic) bond motifs is 1. The number of benzene rings is 1. The van der Waals surface area contributed by atoms with Gasteiger partial charge in [0.15, 0.2) is 0 Å². The number of halogens is 1. The summed E-state index contributed by atoms with van der Waals surface area (Å²) >= 11 is 3.41. The normalized spacial score (nSPS) is 16.2. The van der Waals surface area contributed by atoms with Crippen LogP contribution < -0.4 is 10.5 Å². The minimum Gasteiger partial charge on any atom is -0.493 e. The molecule has 3 nitrogen and oxygen atoms in total. The van der Waals surface area contributed by atoms with Crippen molar-refractivity contribution >= 4 is 15.9 Å². The van der Waals surface area contributed by atoms with Crippen LogP contribution in [0.2, 0.25) is 0 Å². The summed E-state index contributed by atoms with van der Waals surface area (Å²) in [5.41, 5.74) is 7.35. The summed E-state index contributed by atoms with van der Waals surface area (Å²) in [5, 5.41) is 9.69. The molecule has 0 amide bonds. The van der Waals surface area contributed by atoms with Crippen molar-refractivity contribution in [3.63, 3.8) is 0 Å². The van der Waals surface area contributed by atoms with Crippen molar-refractivity contribution in [1.29, 1.82) is 0 Å². The Kier molecular flexibility index (Phi) is 2.76. The molecule has 0 bridgehead atoms. The van der Waals surface area contributed by atoms with Crippen molar-refractivity contribution in [2.24, 2.45) is 5.73 Å². The van der Waals surface area contributed by atoms with Gasteiger partial charge in [-0.1, -0.05) is 15.9 Å². The number of ether oxygens (including phenoxy) is 1. The molecule has 1 aliphatic heterocycles. The van der Waals surface area contributed by atoms with Crippen LogP contribution >= 0.6 is 15.9 Å². The lowest BCUT2D eigenvalue weighted by atomic mass is 10.0. The van der Waals surface area contributed by atoms with Crippen molar-refractivity contribution in [1.82, 2.24) is 0 Å². The molecule has 1 unspecified atom stereocenters. The van der Waals surface area contributed by atoms with Gasteiger partial charge in [0.25, 0.3) is 0 Å². The molecule has 76 valence electrons. The fraction of sp³-hybridized carbons (Fsp3) is 0.400. The third kappa shape index (κ3) is 1.65. The molecule has 0 saturated heterocycles. The monoisotopic (exact) mass is 257 g/mol. The highest BCUT2D eigenvalue weighted by Crippen LogP contribution is 2.35. The van der Waals surface area contributed by atoms with Gasteiger partial charge in [-0.25, -0.2) is 0 Å². The maximum atomic E-state index is 9.69. The van der Waals surface area contributed by atoms with E-state index in [1.54, 1.807) is 0 Å². The van der Waals surface area contributed by atoms with Gasteiger partial charge in [-0.15, -0.1) is 0 Å². The number of aliphatic hydroxyl groups excluding tert-OH is 1. The molecule has 1 aromatic carbocycles. The topological polar surface area (TPSA) is 55.5 Å². The van der Waals surface area contributed by atoms with Gasteiger partial charge in [-0.3, -0.25) is 0 Å². The molecular formula is C10H12BrNO2. The molecule has 1 aliphatic rings. The summed E-state index contributed by atoms with van der Waals surface area (Å²) in [6.07, 6.45) is 0.262. The first-order valence-corrected chi connectivity index (χ1v) is 5.35. The number of aliphatic hydroxyl groups is 1. The van der Waals surface area contributed by atoms with Crippen LogP contribution in [0.3, 0.4) is 0 Å². The quantitative estimate of drug-likeness (QED) is 0.842. The zero-order chi connectivity index (χ0) is 10.1. The van der Waals surface area contributed by atoms with E-state index in [-0.39, 0.29) is 6.54 Å². The number of hydrogen-bond donors (Lipinski definition) is 2. The Morgan fingerprint density at radius 3 is 3.07 bits per heavy atom. The van der Waals surface area contributed by atoms with Crippen LogP contribution in [0.4, 0.5) is 0 Å². The van der Waals surface area contributed by atoms with Crippen molar-refractivity contribution in [3.05, 3.63) is 27.7 Å². The minimum atomic E-state index is -0.639. The third-order valence-corrected chi connectivity index (χ3v) is 2.82. The van der Waals surface area contributed by atoms with Gasteiger partial charge in [0.2, 0.25) is 0 Å². The fourth-order valence-electron chi connectivity index (χ4n) is 1.67. The van der Waals surface area contributed by atoms with Crippen LogP contribution in [0, 0.1) is 0 Å². The Balaban J connectivity index is 2.48. The molecule has 0 saturated carbocycles. The molecule has 14 heavy (non-hydrogen) atoms. The van der Waals surface area contributed by atoms with E-state index in [4.69, 9.17) is 10.5 Å². The van der Waals surface area contributed by atoms with Gasteiger partial charge < -0.3 is 15.6 Å². The van der Waals surface area contributed by atoms with E-state index >= 15 is 0 Å². The molecule has 1 atom stereocenters.